The summed E-state index contributed by atoms with van der Waals surface area (Å²) in [4.78, 5) is 12.6. The number of carbonyl (C=O) groups is 1. The van der Waals surface area contributed by atoms with E-state index in [0.717, 1.165) is 18.3 Å². The molecule has 0 saturated heterocycles. The fraction of sp³-hybridized carbons (Fsp3) is 0.100. The Bertz CT molecular complexity index is 1370. The van der Waals surface area contributed by atoms with Crippen molar-refractivity contribution in [2.24, 2.45) is 0 Å². The van der Waals surface area contributed by atoms with Gasteiger partial charge < -0.3 is 5.32 Å². The van der Waals surface area contributed by atoms with Gasteiger partial charge in [-0.2, -0.15) is 37.4 Å². The van der Waals surface area contributed by atoms with E-state index < -0.39 is 35.3 Å². The number of amides is 1. The lowest BCUT2D eigenvalue weighted by Gasteiger charge is -2.14. The second-order valence-corrected chi connectivity index (χ2v) is 6.61. The smallest absolute Gasteiger partial charge is 0.322 e. The number of nitrogens with one attached hydrogen (secondary N) is 2. The summed E-state index contributed by atoms with van der Waals surface area (Å²) in [5, 5.41) is 22.1. The molecule has 4 aromatic rings. The van der Waals surface area contributed by atoms with E-state index in [1.54, 1.807) is 0 Å². The van der Waals surface area contributed by atoms with E-state index in [-0.39, 0.29) is 16.9 Å². The van der Waals surface area contributed by atoms with E-state index in [4.69, 9.17) is 5.26 Å². The zero-order valence-corrected chi connectivity index (χ0v) is 15.8. The number of hydrogen-bond donors (Lipinski definition) is 2. The third kappa shape index (κ3) is 3.76. The van der Waals surface area contributed by atoms with Gasteiger partial charge in [-0.1, -0.05) is 6.07 Å². The molecule has 0 aliphatic heterocycles. The number of benzene rings is 2. The Morgan fingerprint density at radius 3 is 2.66 bits per heavy atom. The molecule has 32 heavy (non-hydrogen) atoms. The van der Waals surface area contributed by atoms with Gasteiger partial charge in [0, 0.05) is 22.8 Å². The molecule has 2 heterocycles. The van der Waals surface area contributed by atoms with Crippen molar-refractivity contribution in [1.29, 1.82) is 5.26 Å². The van der Waals surface area contributed by atoms with Crippen LogP contribution in [0.5, 0.6) is 0 Å². The summed E-state index contributed by atoms with van der Waals surface area (Å²) in [7, 11) is 0. The number of aromatic amines is 1. The first-order valence-electron chi connectivity index (χ1n) is 8.91. The number of fused-ring (bicyclic) bond motifs is 1. The number of alkyl halides is 5. The predicted molar refractivity (Wildman–Crippen MR) is 103 cm³/mol. The van der Waals surface area contributed by atoms with E-state index in [9.17, 15) is 26.7 Å². The highest BCUT2D eigenvalue weighted by atomic mass is 19.4. The molecule has 4 rings (SSSR count). The molecular formula is C20H11F5N6O. The van der Waals surface area contributed by atoms with E-state index in [2.05, 4.69) is 20.6 Å². The number of anilines is 1. The summed E-state index contributed by atoms with van der Waals surface area (Å²) in [6, 6.07) is 8.97. The first-order chi connectivity index (χ1) is 15.2. The normalized spacial score (nSPS) is 11.7. The van der Waals surface area contributed by atoms with Crippen molar-refractivity contribution in [3.63, 3.8) is 0 Å². The van der Waals surface area contributed by atoms with Crippen LogP contribution in [0.2, 0.25) is 0 Å². The topological polar surface area (TPSA) is 99.4 Å². The Labute approximate surface area is 176 Å². The SMILES string of the molecule is N#Cc1cccc(C(=O)Nc2ccc3[nH]nc(-c4cnn(C(F)F)c4)c3c2)c1C(F)(F)F. The minimum Gasteiger partial charge on any atom is -0.322 e. The minimum atomic E-state index is -4.91. The Balaban J connectivity index is 1.70. The number of rotatable bonds is 4. The van der Waals surface area contributed by atoms with Crippen molar-refractivity contribution < 1.29 is 26.7 Å². The maximum absolute atomic E-state index is 13.5. The molecule has 12 heteroatoms. The molecule has 1 amide bonds. The quantitative estimate of drug-likeness (QED) is 0.433. The predicted octanol–water partition coefficient (Wildman–Crippen LogP) is 4.96. The monoisotopic (exact) mass is 446 g/mol. The Morgan fingerprint density at radius 1 is 1.22 bits per heavy atom. The Morgan fingerprint density at radius 2 is 2.00 bits per heavy atom. The molecule has 2 N–H and O–H groups in total. The maximum atomic E-state index is 13.5. The van der Waals surface area contributed by atoms with Gasteiger partial charge in [-0.15, -0.1) is 0 Å². The summed E-state index contributed by atoms with van der Waals surface area (Å²) in [6.45, 7) is -2.84. The second-order valence-electron chi connectivity index (χ2n) is 6.61. The summed E-state index contributed by atoms with van der Waals surface area (Å²) >= 11 is 0. The first-order valence-corrected chi connectivity index (χ1v) is 8.91. The van der Waals surface area contributed by atoms with Crippen LogP contribution in [-0.2, 0) is 6.18 Å². The third-order valence-electron chi connectivity index (χ3n) is 4.61. The molecule has 2 aromatic carbocycles. The van der Waals surface area contributed by atoms with Gasteiger partial charge in [-0.05, 0) is 30.3 Å². The first kappa shape index (κ1) is 21.0. The van der Waals surface area contributed by atoms with Crippen LogP contribution in [0.1, 0.15) is 28.0 Å². The fourth-order valence-electron chi connectivity index (χ4n) is 3.22. The van der Waals surface area contributed by atoms with Gasteiger partial charge in [0.2, 0.25) is 0 Å². The van der Waals surface area contributed by atoms with Gasteiger partial charge in [-0.3, -0.25) is 9.89 Å². The molecule has 0 aliphatic carbocycles. The van der Waals surface area contributed by atoms with Crippen LogP contribution >= 0.6 is 0 Å². The highest BCUT2D eigenvalue weighted by Crippen LogP contribution is 2.35. The van der Waals surface area contributed by atoms with E-state index >= 15 is 0 Å². The van der Waals surface area contributed by atoms with E-state index in [1.807, 2.05) is 0 Å². The largest absolute Gasteiger partial charge is 0.418 e. The van der Waals surface area contributed by atoms with Crippen molar-refractivity contribution in [2.75, 3.05) is 5.32 Å². The van der Waals surface area contributed by atoms with Crippen molar-refractivity contribution in [2.45, 2.75) is 12.7 Å². The number of halogens is 5. The number of hydrogen-bond acceptors (Lipinski definition) is 4. The molecular weight excluding hydrogens is 435 g/mol. The van der Waals surface area contributed by atoms with Gasteiger partial charge in [0.15, 0.2) is 0 Å². The highest BCUT2D eigenvalue weighted by molar-refractivity contribution is 6.07. The molecule has 0 aliphatic rings. The third-order valence-corrected chi connectivity index (χ3v) is 4.61. The van der Waals surface area contributed by atoms with Crippen LogP contribution < -0.4 is 5.32 Å². The zero-order chi connectivity index (χ0) is 23.0. The van der Waals surface area contributed by atoms with Crippen LogP contribution in [0.25, 0.3) is 22.2 Å². The van der Waals surface area contributed by atoms with Crippen LogP contribution in [0.15, 0.2) is 48.8 Å². The average molecular weight is 446 g/mol. The van der Waals surface area contributed by atoms with Gasteiger partial charge in [0.25, 0.3) is 5.91 Å². The van der Waals surface area contributed by atoms with Crippen molar-refractivity contribution >= 4 is 22.5 Å². The van der Waals surface area contributed by atoms with Gasteiger partial charge in [-0.25, -0.2) is 4.68 Å². The summed E-state index contributed by atoms with van der Waals surface area (Å²) < 4.78 is 66.4. The molecule has 162 valence electrons. The Kier molecular flexibility index (Phi) is 5.09. The average Bonchev–Trinajstić information content (AvgIpc) is 3.39. The van der Waals surface area contributed by atoms with Crippen LogP contribution in [0, 0.1) is 11.3 Å². The number of carbonyl (C=O) groups excluding carboxylic acids is 1. The number of nitrogens with zero attached hydrogens (tertiary/aromatic N) is 4. The lowest BCUT2D eigenvalue weighted by atomic mass is 10.0. The second kappa shape index (κ2) is 7.77. The standard InChI is InChI=1S/C20H11F5N6O/c21-19(22)31-9-11(8-27-31)17-14-6-12(4-5-15(14)29-30-17)28-18(32)13-3-1-2-10(7-26)16(13)20(23,24)25/h1-6,8-9,19H,(H,28,32)(H,29,30). The lowest BCUT2D eigenvalue weighted by Crippen LogP contribution is -2.20. The number of H-pyrrole nitrogens is 1. The molecule has 2 aromatic heterocycles. The van der Waals surface area contributed by atoms with Crippen LogP contribution in [0.4, 0.5) is 27.6 Å². The number of nitriles is 1. The highest BCUT2D eigenvalue weighted by Gasteiger charge is 2.38. The minimum absolute atomic E-state index is 0.141. The zero-order valence-electron chi connectivity index (χ0n) is 15.8. The Hall–Kier alpha value is -4.27. The van der Waals surface area contributed by atoms with Crippen molar-refractivity contribution in [3.05, 3.63) is 65.5 Å². The maximum Gasteiger partial charge on any atom is 0.418 e. The molecule has 0 radical (unpaired) electrons. The van der Waals surface area contributed by atoms with E-state index in [0.29, 0.717) is 15.6 Å². The molecule has 0 bridgehead atoms. The van der Waals surface area contributed by atoms with E-state index in [1.165, 1.54) is 36.5 Å². The number of aromatic nitrogens is 4. The fourth-order valence-corrected chi connectivity index (χ4v) is 3.22. The van der Waals surface area contributed by atoms with Crippen LogP contribution in [0.3, 0.4) is 0 Å². The summed E-state index contributed by atoms with van der Waals surface area (Å²) in [5.74, 6) is -1.07. The molecule has 7 nitrogen and oxygen atoms in total. The van der Waals surface area contributed by atoms with Gasteiger partial charge in [0.1, 0.15) is 5.69 Å². The van der Waals surface area contributed by atoms with Crippen molar-refractivity contribution in [3.8, 4) is 17.3 Å². The van der Waals surface area contributed by atoms with Gasteiger partial charge >= 0.3 is 12.7 Å². The van der Waals surface area contributed by atoms with Crippen molar-refractivity contribution in [1.82, 2.24) is 20.0 Å². The summed E-state index contributed by atoms with van der Waals surface area (Å²) in [5.41, 5.74) is -1.51. The molecule has 0 spiro atoms. The van der Waals surface area contributed by atoms with Crippen LogP contribution in [-0.4, -0.2) is 25.9 Å². The van der Waals surface area contributed by atoms with Gasteiger partial charge in [0.05, 0.1) is 34.5 Å². The molecule has 0 fully saturated rings. The molecule has 0 atom stereocenters. The summed E-state index contributed by atoms with van der Waals surface area (Å²) in [6.07, 6.45) is -2.63. The molecule has 0 saturated carbocycles. The lowest BCUT2D eigenvalue weighted by molar-refractivity contribution is -0.138. The molecule has 0 unspecified atom stereocenters.